The van der Waals surface area contributed by atoms with Crippen LogP contribution in [0.3, 0.4) is 0 Å². The minimum absolute atomic E-state index is 0.316. The molecule has 0 radical (unpaired) electrons. The zero-order chi connectivity index (χ0) is 10.1. The van der Waals surface area contributed by atoms with Gasteiger partial charge in [-0.05, 0) is 34.1 Å². The van der Waals surface area contributed by atoms with E-state index in [0.29, 0.717) is 18.2 Å². The second-order valence-corrected chi connectivity index (χ2v) is 4.13. The molecule has 0 saturated carbocycles. The van der Waals surface area contributed by atoms with E-state index in [9.17, 15) is 4.79 Å². The van der Waals surface area contributed by atoms with Crippen molar-refractivity contribution >= 4 is 39.3 Å². The Labute approximate surface area is 94.7 Å². The maximum absolute atomic E-state index is 11.2. The lowest BCUT2D eigenvalue weighted by atomic mass is 10.3. The normalized spacial score (nSPS) is 15.9. The molecule has 0 atom stereocenters. The number of rotatable bonds is 1. The van der Waals surface area contributed by atoms with Crippen molar-refractivity contribution in [3.8, 4) is 0 Å². The van der Waals surface area contributed by atoms with Crippen molar-refractivity contribution in [1.82, 2.24) is 0 Å². The smallest absolute Gasteiger partial charge is 0.414 e. The van der Waals surface area contributed by atoms with Gasteiger partial charge in [-0.15, -0.1) is 0 Å². The molecular weight excluding hydrogens is 269 g/mol. The predicted molar refractivity (Wildman–Crippen MR) is 57.8 cm³/mol. The van der Waals surface area contributed by atoms with Crippen LogP contribution in [0, 0.1) is 0 Å². The third kappa shape index (κ3) is 1.72. The maximum Gasteiger partial charge on any atom is 0.414 e. The number of nitrogens with zero attached hydrogens (tertiary/aromatic N) is 1. The van der Waals surface area contributed by atoms with Gasteiger partial charge in [0.05, 0.1) is 11.6 Å². The van der Waals surface area contributed by atoms with E-state index in [2.05, 4.69) is 15.9 Å². The second-order valence-electron chi connectivity index (χ2n) is 2.86. The summed E-state index contributed by atoms with van der Waals surface area (Å²) in [6, 6.07) is 5.37. The van der Waals surface area contributed by atoms with Crippen LogP contribution in [0.2, 0.25) is 5.02 Å². The average molecular weight is 277 g/mol. The van der Waals surface area contributed by atoms with Crippen molar-refractivity contribution in [3.05, 3.63) is 27.7 Å². The molecule has 1 aromatic carbocycles. The fraction of sp³-hybridized carbons (Fsp3) is 0.222. The number of hydrogen-bond acceptors (Lipinski definition) is 2. The summed E-state index contributed by atoms with van der Waals surface area (Å²) in [4.78, 5) is 12.8. The van der Waals surface area contributed by atoms with Gasteiger partial charge in [-0.3, -0.25) is 4.90 Å². The summed E-state index contributed by atoms with van der Waals surface area (Å²) in [6.45, 7) is 1.02. The van der Waals surface area contributed by atoms with E-state index in [0.717, 1.165) is 10.2 Å². The number of benzene rings is 1. The van der Waals surface area contributed by atoms with Crippen molar-refractivity contribution < 1.29 is 9.53 Å². The lowest BCUT2D eigenvalue weighted by Crippen LogP contribution is -2.23. The van der Waals surface area contributed by atoms with Gasteiger partial charge >= 0.3 is 6.09 Å². The lowest BCUT2D eigenvalue weighted by molar-refractivity contribution is 0.181. The molecule has 1 heterocycles. The van der Waals surface area contributed by atoms with Crippen LogP contribution in [0.15, 0.2) is 22.7 Å². The van der Waals surface area contributed by atoms with Crippen LogP contribution in [0.4, 0.5) is 10.5 Å². The van der Waals surface area contributed by atoms with Crippen LogP contribution in [-0.4, -0.2) is 19.2 Å². The number of hydrogen-bond donors (Lipinski definition) is 0. The van der Waals surface area contributed by atoms with Crippen molar-refractivity contribution in [3.63, 3.8) is 0 Å². The molecule has 1 saturated heterocycles. The third-order valence-electron chi connectivity index (χ3n) is 1.98. The Balaban J connectivity index is 2.32. The van der Waals surface area contributed by atoms with Crippen LogP contribution in [0.25, 0.3) is 0 Å². The topological polar surface area (TPSA) is 29.5 Å². The Hall–Kier alpha value is -0.740. The lowest BCUT2D eigenvalue weighted by Gasteiger charge is -2.12. The summed E-state index contributed by atoms with van der Waals surface area (Å²) in [5, 5.41) is 0.585. The number of carbonyl (C=O) groups excluding carboxylic acids is 1. The van der Waals surface area contributed by atoms with E-state index in [1.54, 1.807) is 11.0 Å². The number of carbonyl (C=O) groups is 1. The summed E-state index contributed by atoms with van der Waals surface area (Å²) in [7, 11) is 0. The van der Waals surface area contributed by atoms with E-state index in [1.807, 2.05) is 12.1 Å². The van der Waals surface area contributed by atoms with Crippen LogP contribution in [0.5, 0.6) is 0 Å². The number of anilines is 1. The Kier molecular flexibility index (Phi) is 2.65. The molecular formula is C9H7BrClNO2. The Bertz CT molecular complexity index is 383. The molecule has 0 unspecified atom stereocenters. The monoisotopic (exact) mass is 275 g/mol. The quantitative estimate of drug-likeness (QED) is 0.789. The minimum atomic E-state index is -0.316. The molecule has 1 amide bonds. The van der Waals surface area contributed by atoms with Crippen molar-refractivity contribution in [2.45, 2.75) is 0 Å². The number of halogens is 2. The molecule has 1 aliphatic heterocycles. The first-order valence-electron chi connectivity index (χ1n) is 4.08. The summed E-state index contributed by atoms with van der Waals surface area (Å²) in [6.07, 6.45) is -0.316. The van der Waals surface area contributed by atoms with Gasteiger partial charge in [0.1, 0.15) is 6.61 Å². The molecule has 2 rings (SSSR count). The van der Waals surface area contributed by atoms with E-state index in [1.165, 1.54) is 0 Å². The van der Waals surface area contributed by atoms with Crippen molar-refractivity contribution in [2.24, 2.45) is 0 Å². The van der Waals surface area contributed by atoms with E-state index in [-0.39, 0.29) is 6.09 Å². The van der Waals surface area contributed by atoms with E-state index < -0.39 is 0 Å². The molecule has 14 heavy (non-hydrogen) atoms. The molecule has 1 aromatic rings. The molecule has 0 N–H and O–H groups in total. The van der Waals surface area contributed by atoms with Gasteiger partial charge in [-0.1, -0.05) is 11.6 Å². The molecule has 0 aliphatic carbocycles. The highest BCUT2D eigenvalue weighted by Crippen LogP contribution is 2.28. The predicted octanol–water partition coefficient (Wildman–Crippen LogP) is 3.06. The SMILES string of the molecule is O=C1OCCN1c1ccc(Br)c(Cl)c1. The first kappa shape index (κ1) is 9.80. The van der Waals surface area contributed by atoms with Crippen LogP contribution >= 0.6 is 27.5 Å². The average Bonchev–Trinajstić information content (AvgIpc) is 2.57. The first-order valence-corrected chi connectivity index (χ1v) is 5.25. The zero-order valence-corrected chi connectivity index (χ0v) is 9.51. The Morgan fingerprint density at radius 2 is 2.29 bits per heavy atom. The van der Waals surface area contributed by atoms with Gasteiger partial charge < -0.3 is 4.74 Å². The Morgan fingerprint density at radius 3 is 2.86 bits per heavy atom. The maximum atomic E-state index is 11.2. The van der Waals surface area contributed by atoms with Crippen molar-refractivity contribution in [1.29, 1.82) is 0 Å². The standard InChI is InChI=1S/C9H7BrClNO2/c10-7-2-1-6(5-8(7)11)12-3-4-14-9(12)13/h1-2,5H,3-4H2. The fourth-order valence-electron chi connectivity index (χ4n) is 1.28. The third-order valence-corrected chi connectivity index (χ3v) is 3.21. The van der Waals surface area contributed by atoms with Crippen LogP contribution in [-0.2, 0) is 4.74 Å². The molecule has 1 aliphatic rings. The largest absolute Gasteiger partial charge is 0.447 e. The number of amides is 1. The highest BCUT2D eigenvalue weighted by molar-refractivity contribution is 9.10. The van der Waals surface area contributed by atoms with Gasteiger partial charge in [-0.25, -0.2) is 4.79 Å². The molecule has 0 aromatic heterocycles. The van der Waals surface area contributed by atoms with Crippen LogP contribution in [0.1, 0.15) is 0 Å². The van der Waals surface area contributed by atoms with Gasteiger partial charge in [0.2, 0.25) is 0 Å². The molecule has 0 bridgehead atoms. The Morgan fingerprint density at radius 1 is 1.50 bits per heavy atom. The molecule has 1 fully saturated rings. The minimum Gasteiger partial charge on any atom is -0.447 e. The number of ether oxygens (including phenoxy) is 1. The van der Waals surface area contributed by atoms with Gasteiger partial charge in [-0.2, -0.15) is 0 Å². The zero-order valence-electron chi connectivity index (χ0n) is 7.17. The van der Waals surface area contributed by atoms with E-state index >= 15 is 0 Å². The number of cyclic esters (lactones) is 1. The van der Waals surface area contributed by atoms with Gasteiger partial charge in [0, 0.05) is 10.2 Å². The van der Waals surface area contributed by atoms with Gasteiger partial charge in [0.15, 0.2) is 0 Å². The first-order chi connectivity index (χ1) is 6.68. The molecule has 0 spiro atoms. The van der Waals surface area contributed by atoms with Crippen LogP contribution < -0.4 is 4.90 Å². The van der Waals surface area contributed by atoms with E-state index in [4.69, 9.17) is 16.3 Å². The summed E-state index contributed by atoms with van der Waals surface area (Å²) < 4.78 is 5.64. The summed E-state index contributed by atoms with van der Waals surface area (Å²) >= 11 is 9.20. The molecule has 5 heteroatoms. The fourth-order valence-corrected chi connectivity index (χ4v) is 1.70. The summed E-state index contributed by atoms with van der Waals surface area (Å²) in [5.74, 6) is 0. The second kappa shape index (κ2) is 3.79. The molecule has 74 valence electrons. The highest BCUT2D eigenvalue weighted by atomic mass is 79.9. The highest BCUT2D eigenvalue weighted by Gasteiger charge is 2.23. The van der Waals surface area contributed by atoms with Crippen molar-refractivity contribution in [2.75, 3.05) is 18.1 Å². The van der Waals surface area contributed by atoms with Gasteiger partial charge in [0.25, 0.3) is 0 Å². The molecule has 3 nitrogen and oxygen atoms in total. The summed E-state index contributed by atoms with van der Waals surface area (Å²) in [5.41, 5.74) is 0.765.